The number of nitrogens with zero attached hydrogens (tertiary/aromatic N) is 4. The highest BCUT2D eigenvalue weighted by Crippen LogP contribution is 2.22. The van der Waals surface area contributed by atoms with Gasteiger partial charge in [0, 0.05) is 17.7 Å². The molecule has 1 unspecified atom stereocenters. The number of thiazole rings is 1. The molecule has 3 aromatic rings. The van der Waals surface area contributed by atoms with Crippen molar-refractivity contribution in [2.45, 2.75) is 20.0 Å². The van der Waals surface area contributed by atoms with E-state index in [1.807, 2.05) is 11.6 Å². The van der Waals surface area contributed by atoms with Crippen LogP contribution in [-0.2, 0) is 9.53 Å². The molecule has 3 aromatic heterocycles. The Labute approximate surface area is 134 Å². The Balaban J connectivity index is 1.71. The van der Waals surface area contributed by atoms with Gasteiger partial charge in [0.25, 0.3) is 5.89 Å². The molecule has 0 spiro atoms. The van der Waals surface area contributed by atoms with Crippen LogP contribution >= 0.6 is 22.9 Å². The van der Waals surface area contributed by atoms with Gasteiger partial charge in [-0.15, -0.1) is 11.3 Å². The highest BCUT2D eigenvalue weighted by molar-refractivity contribution is 7.15. The quantitative estimate of drug-likeness (QED) is 0.537. The van der Waals surface area contributed by atoms with Crippen molar-refractivity contribution in [3.8, 4) is 0 Å². The Kier molecular flexibility index (Phi) is 3.95. The summed E-state index contributed by atoms with van der Waals surface area (Å²) >= 11 is 7.49. The number of aryl methyl sites for hydroxylation is 1. The Morgan fingerprint density at radius 1 is 1.55 bits per heavy atom. The summed E-state index contributed by atoms with van der Waals surface area (Å²) in [4.78, 5) is 20.8. The number of imidazole rings is 1. The Morgan fingerprint density at radius 2 is 2.36 bits per heavy atom. The van der Waals surface area contributed by atoms with Gasteiger partial charge < -0.3 is 9.26 Å². The summed E-state index contributed by atoms with van der Waals surface area (Å²) in [6.45, 7) is 3.34. The van der Waals surface area contributed by atoms with Crippen molar-refractivity contribution >= 4 is 39.9 Å². The highest BCUT2D eigenvalue weighted by Gasteiger charge is 2.16. The third kappa shape index (κ3) is 2.88. The van der Waals surface area contributed by atoms with E-state index in [9.17, 15) is 4.79 Å². The fourth-order valence-corrected chi connectivity index (χ4v) is 2.82. The van der Waals surface area contributed by atoms with Crippen LogP contribution in [0.25, 0.3) is 11.0 Å². The predicted octanol–water partition coefficient (Wildman–Crippen LogP) is 3.06. The molecule has 7 nitrogen and oxygen atoms in total. The zero-order valence-corrected chi connectivity index (χ0v) is 13.3. The zero-order chi connectivity index (χ0) is 15.7. The van der Waals surface area contributed by atoms with Crippen LogP contribution in [0.4, 0.5) is 0 Å². The van der Waals surface area contributed by atoms with Gasteiger partial charge in [0.2, 0.25) is 0 Å². The Hall–Kier alpha value is -2.19. The Bertz CT molecular complexity index is 851. The molecule has 0 radical (unpaired) electrons. The number of hydrogen-bond donors (Lipinski definition) is 0. The summed E-state index contributed by atoms with van der Waals surface area (Å²) in [7, 11) is 0. The monoisotopic (exact) mass is 338 g/mol. The number of fused-ring (bicyclic) bond motifs is 1. The van der Waals surface area contributed by atoms with Crippen LogP contribution in [-0.4, -0.2) is 25.5 Å². The Morgan fingerprint density at radius 3 is 3.09 bits per heavy atom. The SMILES string of the molecule is Cc1noc(C(C)OC(=O)/C=C/c2c(Cl)nc3sccn23)n1. The molecule has 0 aliphatic heterocycles. The number of carbonyl (C=O) groups excluding carboxylic acids is 1. The van der Waals surface area contributed by atoms with E-state index in [0.29, 0.717) is 16.7 Å². The van der Waals surface area contributed by atoms with Gasteiger partial charge in [-0.3, -0.25) is 4.40 Å². The third-order valence-corrected chi connectivity index (χ3v) is 3.85. The van der Waals surface area contributed by atoms with Crippen LogP contribution in [0.5, 0.6) is 0 Å². The molecule has 0 aliphatic carbocycles. The van der Waals surface area contributed by atoms with E-state index in [4.69, 9.17) is 20.9 Å². The van der Waals surface area contributed by atoms with Gasteiger partial charge in [-0.05, 0) is 19.9 Å². The van der Waals surface area contributed by atoms with E-state index in [-0.39, 0.29) is 5.89 Å². The minimum atomic E-state index is -0.625. The standard InChI is InChI=1S/C13H11ClN4O3S/c1-7(12-15-8(2)17-21-12)20-10(19)4-3-9-11(14)16-13-18(9)5-6-22-13/h3-7H,1-2H3/b4-3+. The second-order valence-electron chi connectivity index (χ2n) is 4.44. The molecule has 0 saturated heterocycles. The van der Waals surface area contributed by atoms with Gasteiger partial charge >= 0.3 is 5.97 Å². The molecule has 0 aliphatic rings. The first-order valence-corrected chi connectivity index (χ1v) is 7.60. The first-order valence-electron chi connectivity index (χ1n) is 6.34. The first kappa shape index (κ1) is 14.7. The summed E-state index contributed by atoms with van der Waals surface area (Å²) in [5.41, 5.74) is 0.621. The number of ether oxygens (including phenoxy) is 1. The van der Waals surface area contributed by atoms with Gasteiger partial charge in [0.15, 0.2) is 22.0 Å². The first-order chi connectivity index (χ1) is 10.5. The molecule has 3 rings (SSSR count). The average Bonchev–Trinajstić information content (AvgIpc) is 3.13. The molecule has 0 N–H and O–H groups in total. The van der Waals surface area contributed by atoms with Gasteiger partial charge in [-0.2, -0.15) is 4.98 Å². The van der Waals surface area contributed by atoms with Crippen LogP contribution in [0.2, 0.25) is 5.15 Å². The largest absolute Gasteiger partial charge is 0.449 e. The number of halogens is 1. The third-order valence-electron chi connectivity index (χ3n) is 2.82. The van der Waals surface area contributed by atoms with Crippen molar-refractivity contribution in [2.75, 3.05) is 0 Å². The zero-order valence-electron chi connectivity index (χ0n) is 11.7. The second kappa shape index (κ2) is 5.90. The van der Waals surface area contributed by atoms with E-state index in [1.54, 1.807) is 24.3 Å². The van der Waals surface area contributed by atoms with E-state index in [2.05, 4.69) is 15.1 Å². The van der Waals surface area contributed by atoms with Crippen LogP contribution in [0.1, 0.15) is 30.4 Å². The minimum Gasteiger partial charge on any atom is -0.449 e. The summed E-state index contributed by atoms with van der Waals surface area (Å²) in [5, 5.41) is 5.86. The summed E-state index contributed by atoms with van der Waals surface area (Å²) in [6.07, 6.45) is 4.05. The summed E-state index contributed by atoms with van der Waals surface area (Å²) < 4.78 is 11.9. The lowest BCUT2D eigenvalue weighted by Crippen LogP contribution is -2.06. The molecule has 114 valence electrons. The maximum Gasteiger partial charge on any atom is 0.331 e. The van der Waals surface area contributed by atoms with Gasteiger partial charge in [0.05, 0.1) is 5.69 Å². The molecule has 0 aromatic carbocycles. The van der Waals surface area contributed by atoms with Gasteiger partial charge in [-0.25, -0.2) is 9.78 Å². The van der Waals surface area contributed by atoms with Crippen LogP contribution in [0.15, 0.2) is 22.2 Å². The molecule has 0 bridgehead atoms. The van der Waals surface area contributed by atoms with Crippen molar-refractivity contribution in [2.24, 2.45) is 0 Å². The second-order valence-corrected chi connectivity index (χ2v) is 5.67. The van der Waals surface area contributed by atoms with Gasteiger partial charge in [-0.1, -0.05) is 16.8 Å². The predicted molar refractivity (Wildman–Crippen MR) is 80.7 cm³/mol. The van der Waals surface area contributed by atoms with E-state index in [0.717, 1.165) is 4.96 Å². The maximum absolute atomic E-state index is 11.8. The van der Waals surface area contributed by atoms with Crippen molar-refractivity contribution < 1.29 is 14.1 Å². The van der Waals surface area contributed by atoms with E-state index >= 15 is 0 Å². The number of aromatic nitrogens is 4. The molecule has 0 saturated carbocycles. The normalized spacial score (nSPS) is 13.0. The minimum absolute atomic E-state index is 0.252. The lowest BCUT2D eigenvalue weighted by molar-refractivity contribution is -0.143. The lowest BCUT2D eigenvalue weighted by atomic mass is 10.4. The smallest absolute Gasteiger partial charge is 0.331 e. The van der Waals surface area contributed by atoms with Crippen LogP contribution < -0.4 is 0 Å². The number of rotatable bonds is 4. The summed E-state index contributed by atoms with van der Waals surface area (Å²) in [5.74, 6) is 0.200. The molecule has 9 heteroatoms. The number of carbonyl (C=O) groups is 1. The number of hydrogen-bond acceptors (Lipinski definition) is 7. The molecule has 22 heavy (non-hydrogen) atoms. The lowest BCUT2D eigenvalue weighted by Gasteiger charge is -2.06. The summed E-state index contributed by atoms with van der Waals surface area (Å²) in [6, 6.07) is 0. The number of esters is 1. The van der Waals surface area contributed by atoms with Crippen molar-refractivity contribution in [3.63, 3.8) is 0 Å². The van der Waals surface area contributed by atoms with Crippen LogP contribution in [0, 0.1) is 6.92 Å². The molecular formula is C13H11ClN4O3S. The molecular weight excluding hydrogens is 328 g/mol. The van der Waals surface area contributed by atoms with Crippen molar-refractivity contribution in [3.05, 3.63) is 40.2 Å². The molecule has 0 amide bonds. The topological polar surface area (TPSA) is 82.5 Å². The fraction of sp³-hybridized carbons (Fsp3) is 0.231. The van der Waals surface area contributed by atoms with E-state index in [1.165, 1.54) is 17.4 Å². The average molecular weight is 339 g/mol. The maximum atomic E-state index is 11.8. The molecule has 0 fully saturated rings. The van der Waals surface area contributed by atoms with Crippen molar-refractivity contribution in [1.29, 1.82) is 0 Å². The van der Waals surface area contributed by atoms with Crippen LogP contribution in [0.3, 0.4) is 0 Å². The van der Waals surface area contributed by atoms with Gasteiger partial charge in [0.1, 0.15) is 0 Å². The molecule has 1 atom stereocenters. The van der Waals surface area contributed by atoms with E-state index < -0.39 is 12.1 Å². The molecule has 3 heterocycles. The highest BCUT2D eigenvalue weighted by atomic mass is 35.5. The fourth-order valence-electron chi connectivity index (χ4n) is 1.82. The van der Waals surface area contributed by atoms with Crippen molar-refractivity contribution in [1.82, 2.24) is 19.5 Å².